The number of nitrogens with one attached hydrogen (secondary N) is 2. The first-order chi connectivity index (χ1) is 12.0. The number of ether oxygens (including phenoxy) is 1. The second kappa shape index (κ2) is 7.18. The van der Waals surface area contributed by atoms with Crippen molar-refractivity contribution in [1.29, 1.82) is 0 Å². The van der Waals surface area contributed by atoms with Gasteiger partial charge in [-0.2, -0.15) is 0 Å². The van der Waals surface area contributed by atoms with Crippen molar-refractivity contribution in [1.82, 2.24) is 9.97 Å². The Hall–Kier alpha value is -3.13. The van der Waals surface area contributed by atoms with Crippen molar-refractivity contribution >= 4 is 28.3 Å². The van der Waals surface area contributed by atoms with Crippen molar-refractivity contribution in [2.75, 3.05) is 12.4 Å². The first-order valence-electron chi connectivity index (χ1n) is 7.42. The zero-order valence-electron chi connectivity index (χ0n) is 13.4. The average Bonchev–Trinajstić information content (AvgIpc) is 3.24. The summed E-state index contributed by atoms with van der Waals surface area (Å²) in [6.45, 7) is 0. The number of carbonyl (C=O) groups is 2. The minimum atomic E-state index is -0.533. The van der Waals surface area contributed by atoms with Crippen LogP contribution in [0.3, 0.4) is 0 Å². The fourth-order valence-electron chi connectivity index (χ4n) is 2.24. The molecule has 0 spiro atoms. The van der Waals surface area contributed by atoms with Crippen molar-refractivity contribution in [3.63, 3.8) is 0 Å². The van der Waals surface area contributed by atoms with Crippen LogP contribution in [0.4, 0.5) is 5.13 Å². The third kappa shape index (κ3) is 4.04. The molecule has 7 nitrogen and oxygen atoms in total. The topological polar surface area (TPSA) is 110 Å². The van der Waals surface area contributed by atoms with Gasteiger partial charge in [0.2, 0.25) is 5.91 Å². The number of thiazole rings is 1. The summed E-state index contributed by atoms with van der Waals surface area (Å²) in [6, 6.07) is 8.94. The summed E-state index contributed by atoms with van der Waals surface area (Å²) in [5.41, 5.74) is 7.81. The van der Waals surface area contributed by atoms with Crippen LogP contribution in [0, 0.1) is 0 Å². The molecule has 0 aliphatic carbocycles. The third-order valence-corrected chi connectivity index (χ3v) is 4.28. The van der Waals surface area contributed by atoms with Crippen LogP contribution in [0.15, 0.2) is 41.9 Å². The Labute approximate surface area is 147 Å². The summed E-state index contributed by atoms with van der Waals surface area (Å²) in [4.78, 5) is 30.4. The summed E-state index contributed by atoms with van der Waals surface area (Å²) < 4.78 is 5.09. The summed E-state index contributed by atoms with van der Waals surface area (Å²) in [6.07, 6.45) is 1.90. The Morgan fingerprint density at radius 1 is 1.32 bits per heavy atom. The number of aromatic nitrogens is 2. The van der Waals surface area contributed by atoms with Crippen LogP contribution in [0.1, 0.15) is 16.1 Å². The van der Waals surface area contributed by atoms with Crippen molar-refractivity contribution in [2.24, 2.45) is 5.73 Å². The van der Waals surface area contributed by atoms with Crippen LogP contribution in [0.5, 0.6) is 5.75 Å². The van der Waals surface area contributed by atoms with E-state index in [9.17, 15) is 9.59 Å². The van der Waals surface area contributed by atoms with Gasteiger partial charge in [-0.25, -0.2) is 4.98 Å². The molecule has 0 atom stereocenters. The number of methoxy groups -OCH3 is 1. The van der Waals surface area contributed by atoms with Crippen molar-refractivity contribution in [3.8, 4) is 17.0 Å². The molecule has 0 saturated carbocycles. The number of primary amides is 1. The summed E-state index contributed by atoms with van der Waals surface area (Å²) in [7, 11) is 1.60. The number of benzene rings is 1. The molecule has 0 bridgehead atoms. The molecule has 2 amide bonds. The maximum absolute atomic E-state index is 12.1. The van der Waals surface area contributed by atoms with E-state index in [2.05, 4.69) is 15.3 Å². The zero-order valence-corrected chi connectivity index (χ0v) is 14.2. The number of carbonyl (C=O) groups excluding carboxylic acids is 2. The van der Waals surface area contributed by atoms with Gasteiger partial charge in [0.25, 0.3) is 5.91 Å². The quantitative estimate of drug-likeness (QED) is 0.630. The van der Waals surface area contributed by atoms with E-state index < -0.39 is 5.91 Å². The minimum absolute atomic E-state index is 0.155. The number of nitrogens with two attached hydrogens (primary N) is 1. The monoisotopic (exact) mass is 356 g/mol. The average molecular weight is 356 g/mol. The van der Waals surface area contributed by atoms with Gasteiger partial charge in [-0.1, -0.05) is 12.1 Å². The predicted octanol–water partition coefficient (Wildman–Crippen LogP) is 2.43. The van der Waals surface area contributed by atoms with Crippen LogP contribution in [-0.2, 0) is 11.2 Å². The molecule has 3 rings (SSSR count). The number of hydrogen-bond acceptors (Lipinski definition) is 5. The molecule has 8 heteroatoms. The normalized spacial score (nSPS) is 10.4. The van der Waals surface area contributed by atoms with E-state index in [4.69, 9.17) is 10.5 Å². The van der Waals surface area contributed by atoms with Crippen LogP contribution >= 0.6 is 11.3 Å². The maximum atomic E-state index is 12.1. The molecule has 0 aliphatic rings. The standard InChI is InChI=1S/C17H16N4O3S/c1-24-12-4-2-10(3-5-12)6-15(22)21-17-20-14(9-25-17)11-7-13(16(18)23)19-8-11/h2-5,7-9,19H,6H2,1H3,(H2,18,23)(H,20,21,22). The van der Waals surface area contributed by atoms with Gasteiger partial charge in [0.1, 0.15) is 11.4 Å². The third-order valence-electron chi connectivity index (χ3n) is 3.52. The van der Waals surface area contributed by atoms with Gasteiger partial charge >= 0.3 is 0 Å². The lowest BCUT2D eigenvalue weighted by atomic mass is 10.1. The van der Waals surface area contributed by atoms with E-state index in [1.165, 1.54) is 11.3 Å². The number of H-pyrrole nitrogens is 1. The highest BCUT2D eigenvalue weighted by atomic mass is 32.1. The lowest BCUT2D eigenvalue weighted by Crippen LogP contribution is -2.14. The van der Waals surface area contributed by atoms with Gasteiger partial charge in [-0.05, 0) is 23.8 Å². The van der Waals surface area contributed by atoms with E-state index in [1.54, 1.807) is 24.8 Å². The SMILES string of the molecule is COc1ccc(CC(=O)Nc2nc(-c3c[nH]c(C(N)=O)c3)cs2)cc1. The Morgan fingerprint density at radius 2 is 2.08 bits per heavy atom. The van der Waals surface area contributed by atoms with Gasteiger partial charge in [0.05, 0.1) is 19.2 Å². The van der Waals surface area contributed by atoms with Gasteiger partial charge in [0.15, 0.2) is 5.13 Å². The Balaban J connectivity index is 1.63. The van der Waals surface area contributed by atoms with Crippen molar-refractivity contribution < 1.29 is 14.3 Å². The molecule has 0 radical (unpaired) electrons. The first-order valence-corrected chi connectivity index (χ1v) is 8.30. The highest BCUT2D eigenvalue weighted by Gasteiger charge is 2.11. The van der Waals surface area contributed by atoms with E-state index in [-0.39, 0.29) is 12.3 Å². The fourth-order valence-corrected chi connectivity index (χ4v) is 2.98. The number of aromatic amines is 1. The summed E-state index contributed by atoms with van der Waals surface area (Å²) in [5.74, 6) is 0.0583. The highest BCUT2D eigenvalue weighted by Crippen LogP contribution is 2.25. The Bertz CT molecular complexity index is 899. The molecule has 2 heterocycles. The first kappa shape index (κ1) is 16.7. The lowest BCUT2D eigenvalue weighted by Gasteiger charge is -2.03. The zero-order chi connectivity index (χ0) is 17.8. The molecule has 0 unspecified atom stereocenters. The van der Waals surface area contributed by atoms with Crippen molar-refractivity contribution in [3.05, 3.63) is 53.2 Å². The number of hydrogen-bond donors (Lipinski definition) is 3. The minimum Gasteiger partial charge on any atom is -0.497 e. The maximum Gasteiger partial charge on any atom is 0.265 e. The van der Waals surface area contributed by atoms with Crippen LogP contribution in [0.25, 0.3) is 11.3 Å². The largest absolute Gasteiger partial charge is 0.497 e. The molecule has 2 aromatic heterocycles. The van der Waals surface area contributed by atoms with Gasteiger partial charge in [-0.3, -0.25) is 9.59 Å². The molecule has 128 valence electrons. The second-order valence-electron chi connectivity index (χ2n) is 5.28. The molecule has 4 N–H and O–H groups in total. The number of anilines is 1. The molecule has 0 saturated heterocycles. The van der Waals surface area contributed by atoms with E-state index >= 15 is 0 Å². The van der Waals surface area contributed by atoms with Crippen LogP contribution in [-0.4, -0.2) is 28.9 Å². The molecule has 0 fully saturated rings. The second-order valence-corrected chi connectivity index (χ2v) is 6.14. The molecule has 25 heavy (non-hydrogen) atoms. The van der Waals surface area contributed by atoms with Gasteiger partial charge in [-0.15, -0.1) is 11.3 Å². The van der Waals surface area contributed by atoms with Crippen molar-refractivity contribution in [2.45, 2.75) is 6.42 Å². The van der Waals surface area contributed by atoms with E-state index in [0.717, 1.165) is 16.9 Å². The Kier molecular flexibility index (Phi) is 4.80. The number of nitrogens with zero attached hydrogens (tertiary/aromatic N) is 1. The van der Waals surface area contributed by atoms with Gasteiger partial charge in [0, 0.05) is 17.1 Å². The smallest absolute Gasteiger partial charge is 0.265 e. The predicted molar refractivity (Wildman–Crippen MR) is 95.7 cm³/mol. The van der Waals surface area contributed by atoms with E-state index in [0.29, 0.717) is 16.5 Å². The Morgan fingerprint density at radius 3 is 2.72 bits per heavy atom. The molecule has 0 aliphatic heterocycles. The van der Waals surface area contributed by atoms with Crippen LogP contribution < -0.4 is 15.8 Å². The van der Waals surface area contributed by atoms with Gasteiger partial charge < -0.3 is 20.8 Å². The molecule has 3 aromatic rings. The highest BCUT2D eigenvalue weighted by molar-refractivity contribution is 7.14. The lowest BCUT2D eigenvalue weighted by molar-refractivity contribution is -0.115. The molecular formula is C17H16N4O3S. The fraction of sp³-hybridized carbons (Fsp3) is 0.118. The molecule has 1 aromatic carbocycles. The number of rotatable bonds is 6. The summed E-state index contributed by atoms with van der Waals surface area (Å²) >= 11 is 1.31. The van der Waals surface area contributed by atoms with Crippen LogP contribution in [0.2, 0.25) is 0 Å². The summed E-state index contributed by atoms with van der Waals surface area (Å²) in [5, 5.41) is 5.07. The number of amides is 2. The van der Waals surface area contributed by atoms with E-state index in [1.807, 2.05) is 24.3 Å². The molecular weight excluding hydrogens is 340 g/mol.